The minimum Gasteiger partial charge on any atom is -0.496 e. The molecule has 1 heterocycles. The summed E-state index contributed by atoms with van der Waals surface area (Å²) in [6.45, 7) is 0. The number of para-hydroxylation sites is 1. The van der Waals surface area contributed by atoms with Crippen LogP contribution in [0.1, 0.15) is 10.4 Å². The Hall–Kier alpha value is -2.43. The summed E-state index contributed by atoms with van der Waals surface area (Å²) in [6.07, 6.45) is 1.65. The number of primary amides is 1. The lowest BCUT2D eigenvalue weighted by Crippen LogP contribution is -2.13. The number of benzene rings is 1. The number of nitrogen functional groups attached to an aromatic ring is 1. The van der Waals surface area contributed by atoms with Crippen molar-refractivity contribution < 1.29 is 9.53 Å². The number of carbonyl (C=O) groups is 1. The van der Waals surface area contributed by atoms with Crippen LogP contribution in [0.3, 0.4) is 0 Å². The van der Waals surface area contributed by atoms with E-state index in [-0.39, 0.29) is 11.4 Å². The lowest BCUT2D eigenvalue weighted by Gasteiger charge is -2.07. The van der Waals surface area contributed by atoms with E-state index in [9.17, 15) is 4.79 Å². The summed E-state index contributed by atoms with van der Waals surface area (Å²) in [6, 6.07) is 7.35. The molecule has 0 saturated heterocycles. The smallest absolute Gasteiger partial charge is 0.253 e. The Balaban J connectivity index is 2.65. The average Bonchev–Trinajstić information content (AvgIpc) is 2.71. The number of nitrogens with two attached hydrogens (primary N) is 2. The third-order valence-electron chi connectivity index (χ3n) is 2.55. The predicted molar refractivity (Wildman–Crippen MR) is 65.7 cm³/mol. The van der Waals surface area contributed by atoms with Gasteiger partial charge in [0, 0.05) is 17.3 Å². The lowest BCUT2D eigenvalue weighted by molar-refractivity contribution is 0.100. The van der Waals surface area contributed by atoms with Crippen molar-refractivity contribution in [2.24, 2.45) is 5.73 Å². The number of anilines is 1. The highest BCUT2D eigenvalue weighted by Crippen LogP contribution is 2.33. The molecule has 0 aliphatic carbocycles. The van der Waals surface area contributed by atoms with Crippen LogP contribution in [0, 0.1) is 0 Å². The summed E-state index contributed by atoms with van der Waals surface area (Å²) < 4.78 is 5.24. The Bertz CT molecular complexity index is 561. The summed E-state index contributed by atoms with van der Waals surface area (Å²) in [5.74, 6) is 0.358. The summed E-state index contributed by atoms with van der Waals surface area (Å²) >= 11 is 0. The highest BCUT2D eigenvalue weighted by atomic mass is 16.5. The molecule has 5 heteroatoms. The number of aromatic nitrogens is 1. The molecule has 2 rings (SSSR count). The van der Waals surface area contributed by atoms with Gasteiger partial charge >= 0.3 is 0 Å². The van der Waals surface area contributed by atoms with Crippen LogP contribution in [0.15, 0.2) is 30.5 Å². The molecule has 0 aliphatic heterocycles. The maximum atomic E-state index is 11.4. The molecule has 0 unspecified atom stereocenters. The van der Waals surface area contributed by atoms with Gasteiger partial charge < -0.3 is 21.2 Å². The molecule has 1 amide bonds. The number of hydrogen-bond donors (Lipinski definition) is 3. The highest BCUT2D eigenvalue weighted by Gasteiger charge is 2.17. The van der Waals surface area contributed by atoms with E-state index in [2.05, 4.69) is 4.98 Å². The Kier molecular flexibility index (Phi) is 2.74. The SMILES string of the molecule is COc1ccccc1-c1c[nH]c(N)c1C(N)=O. The highest BCUT2D eigenvalue weighted by molar-refractivity contribution is 6.04. The van der Waals surface area contributed by atoms with Crippen molar-refractivity contribution in [3.05, 3.63) is 36.0 Å². The second-order valence-corrected chi connectivity index (χ2v) is 3.56. The quantitative estimate of drug-likeness (QED) is 0.744. The zero-order valence-corrected chi connectivity index (χ0v) is 9.36. The summed E-state index contributed by atoms with van der Waals surface area (Å²) in [4.78, 5) is 14.1. The number of aromatic amines is 1. The van der Waals surface area contributed by atoms with Gasteiger partial charge in [-0.15, -0.1) is 0 Å². The van der Waals surface area contributed by atoms with Gasteiger partial charge in [0.15, 0.2) is 0 Å². The third kappa shape index (κ3) is 1.82. The van der Waals surface area contributed by atoms with Gasteiger partial charge in [0.1, 0.15) is 11.6 Å². The van der Waals surface area contributed by atoms with E-state index < -0.39 is 5.91 Å². The Morgan fingerprint density at radius 2 is 2.00 bits per heavy atom. The van der Waals surface area contributed by atoms with Gasteiger partial charge in [0.25, 0.3) is 5.91 Å². The molecule has 88 valence electrons. The molecule has 1 aromatic heterocycles. The van der Waals surface area contributed by atoms with E-state index in [1.807, 2.05) is 24.3 Å². The molecule has 0 saturated carbocycles. The maximum Gasteiger partial charge on any atom is 0.253 e. The van der Waals surface area contributed by atoms with Gasteiger partial charge in [-0.3, -0.25) is 4.79 Å². The molecule has 0 aliphatic rings. The van der Waals surface area contributed by atoms with Gasteiger partial charge in [-0.1, -0.05) is 18.2 Å². The number of carbonyl (C=O) groups excluding carboxylic acids is 1. The van der Waals surface area contributed by atoms with Crippen molar-refractivity contribution in [3.63, 3.8) is 0 Å². The second-order valence-electron chi connectivity index (χ2n) is 3.56. The van der Waals surface area contributed by atoms with Crippen LogP contribution in [0.4, 0.5) is 5.82 Å². The monoisotopic (exact) mass is 231 g/mol. The zero-order valence-electron chi connectivity index (χ0n) is 9.36. The number of ether oxygens (including phenoxy) is 1. The molecule has 0 bridgehead atoms. The molecule has 5 nitrogen and oxygen atoms in total. The fourth-order valence-electron chi connectivity index (χ4n) is 1.78. The minimum atomic E-state index is -0.565. The summed E-state index contributed by atoms with van der Waals surface area (Å²) in [7, 11) is 1.57. The van der Waals surface area contributed by atoms with Crippen LogP contribution in [0.5, 0.6) is 5.75 Å². The second kappa shape index (κ2) is 4.21. The molecule has 0 fully saturated rings. The van der Waals surface area contributed by atoms with Crippen LogP contribution in [0.25, 0.3) is 11.1 Å². The van der Waals surface area contributed by atoms with Crippen molar-refractivity contribution in [2.45, 2.75) is 0 Å². The third-order valence-corrected chi connectivity index (χ3v) is 2.55. The van der Waals surface area contributed by atoms with Crippen molar-refractivity contribution >= 4 is 11.7 Å². The lowest BCUT2D eigenvalue weighted by atomic mass is 10.0. The Labute approximate surface area is 98.4 Å². The van der Waals surface area contributed by atoms with Gasteiger partial charge in [0.2, 0.25) is 0 Å². The first kappa shape index (κ1) is 11.1. The number of nitrogens with one attached hydrogen (secondary N) is 1. The number of rotatable bonds is 3. The van der Waals surface area contributed by atoms with E-state index in [4.69, 9.17) is 16.2 Å². The van der Waals surface area contributed by atoms with E-state index in [0.717, 1.165) is 5.56 Å². The maximum absolute atomic E-state index is 11.4. The van der Waals surface area contributed by atoms with E-state index in [1.54, 1.807) is 13.3 Å². The molecular formula is C12H13N3O2. The fourth-order valence-corrected chi connectivity index (χ4v) is 1.78. The van der Waals surface area contributed by atoms with Crippen LogP contribution in [-0.2, 0) is 0 Å². The first-order valence-corrected chi connectivity index (χ1v) is 5.05. The molecular weight excluding hydrogens is 218 g/mol. The van der Waals surface area contributed by atoms with Gasteiger partial charge in [-0.2, -0.15) is 0 Å². The molecule has 0 atom stereocenters. The van der Waals surface area contributed by atoms with Crippen LogP contribution in [-0.4, -0.2) is 18.0 Å². The largest absolute Gasteiger partial charge is 0.496 e. The zero-order chi connectivity index (χ0) is 12.4. The minimum absolute atomic E-state index is 0.262. The number of hydrogen-bond acceptors (Lipinski definition) is 3. The topological polar surface area (TPSA) is 94.1 Å². The predicted octanol–water partition coefficient (Wildman–Crippen LogP) is 1.37. The fraction of sp³-hybridized carbons (Fsp3) is 0.0833. The first-order chi connectivity index (χ1) is 8.15. The van der Waals surface area contributed by atoms with Gasteiger partial charge in [-0.25, -0.2) is 0 Å². The van der Waals surface area contributed by atoms with E-state index >= 15 is 0 Å². The van der Waals surface area contributed by atoms with Gasteiger partial charge in [0.05, 0.1) is 12.7 Å². The van der Waals surface area contributed by atoms with E-state index in [0.29, 0.717) is 11.3 Å². The van der Waals surface area contributed by atoms with Crippen molar-refractivity contribution in [3.8, 4) is 16.9 Å². The van der Waals surface area contributed by atoms with E-state index in [1.165, 1.54) is 0 Å². The summed E-state index contributed by atoms with van der Waals surface area (Å²) in [5.41, 5.74) is 12.7. The Morgan fingerprint density at radius 3 is 2.65 bits per heavy atom. The molecule has 0 radical (unpaired) electrons. The van der Waals surface area contributed by atoms with Crippen molar-refractivity contribution in [1.82, 2.24) is 4.98 Å². The number of H-pyrrole nitrogens is 1. The molecule has 17 heavy (non-hydrogen) atoms. The van der Waals surface area contributed by atoms with Gasteiger partial charge in [-0.05, 0) is 6.07 Å². The molecule has 1 aromatic carbocycles. The number of methoxy groups -OCH3 is 1. The van der Waals surface area contributed by atoms with Crippen molar-refractivity contribution in [1.29, 1.82) is 0 Å². The molecule has 2 aromatic rings. The first-order valence-electron chi connectivity index (χ1n) is 5.05. The van der Waals surface area contributed by atoms with Crippen LogP contribution >= 0.6 is 0 Å². The molecule has 5 N–H and O–H groups in total. The summed E-state index contributed by atoms with van der Waals surface area (Å²) in [5, 5.41) is 0. The Morgan fingerprint density at radius 1 is 1.29 bits per heavy atom. The molecule has 0 spiro atoms. The standard InChI is InChI=1S/C12H13N3O2/c1-17-9-5-3-2-4-7(9)8-6-15-11(13)10(8)12(14)16/h2-6,15H,13H2,1H3,(H2,14,16). The van der Waals surface area contributed by atoms with Crippen LogP contribution < -0.4 is 16.2 Å². The average molecular weight is 231 g/mol. The van der Waals surface area contributed by atoms with Crippen LogP contribution in [0.2, 0.25) is 0 Å². The number of amides is 1. The normalized spacial score (nSPS) is 10.2. The van der Waals surface area contributed by atoms with Crippen molar-refractivity contribution in [2.75, 3.05) is 12.8 Å².